The second-order valence-corrected chi connectivity index (χ2v) is 5.83. The molecule has 1 unspecified atom stereocenters. The third kappa shape index (κ3) is 5.37. The number of hydrogen-bond donors (Lipinski definition) is 1. The van der Waals surface area contributed by atoms with Crippen molar-refractivity contribution in [2.24, 2.45) is 0 Å². The van der Waals surface area contributed by atoms with Gasteiger partial charge < -0.3 is 14.8 Å². The fraction of sp³-hybridized carbons (Fsp3) is 0.500. The van der Waals surface area contributed by atoms with Gasteiger partial charge in [0.15, 0.2) is 0 Å². The summed E-state index contributed by atoms with van der Waals surface area (Å²) in [5, 5.41) is 2.99. The minimum Gasteiger partial charge on any atom is -0.489 e. The van der Waals surface area contributed by atoms with Crippen molar-refractivity contribution in [3.8, 4) is 5.75 Å². The SMILES string of the molecule is C=C(C)COc1ccc(NC(=O)C(CC)N2CCOCC2)cc1. The summed E-state index contributed by atoms with van der Waals surface area (Å²) in [6.07, 6.45) is 0.783. The minimum atomic E-state index is -0.113. The molecule has 1 aliphatic heterocycles. The number of rotatable bonds is 7. The molecule has 0 aromatic heterocycles. The largest absolute Gasteiger partial charge is 0.489 e. The van der Waals surface area contributed by atoms with Crippen LogP contribution in [0.1, 0.15) is 20.3 Å². The molecule has 23 heavy (non-hydrogen) atoms. The van der Waals surface area contributed by atoms with E-state index in [1.54, 1.807) is 0 Å². The van der Waals surface area contributed by atoms with Gasteiger partial charge in [0, 0.05) is 18.8 Å². The first-order valence-electron chi connectivity index (χ1n) is 8.10. The van der Waals surface area contributed by atoms with Gasteiger partial charge >= 0.3 is 0 Å². The molecule has 0 spiro atoms. The fourth-order valence-electron chi connectivity index (χ4n) is 2.57. The second-order valence-electron chi connectivity index (χ2n) is 5.83. The third-order valence-corrected chi connectivity index (χ3v) is 3.78. The molecule has 2 rings (SSSR count). The van der Waals surface area contributed by atoms with Crippen LogP contribution in [0.25, 0.3) is 0 Å². The quantitative estimate of drug-likeness (QED) is 0.785. The number of anilines is 1. The summed E-state index contributed by atoms with van der Waals surface area (Å²) in [6.45, 7) is 11.3. The number of hydrogen-bond acceptors (Lipinski definition) is 4. The molecule has 0 bridgehead atoms. The van der Waals surface area contributed by atoms with E-state index in [-0.39, 0.29) is 11.9 Å². The van der Waals surface area contributed by atoms with Crippen molar-refractivity contribution in [1.29, 1.82) is 0 Å². The maximum Gasteiger partial charge on any atom is 0.241 e. The first-order chi connectivity index (χ1) is 11.1. The Balaban J connectivity index is 1.91. The molecule has 5 nitrogen and oxygen atoms in total. The average Bonchev–Trinajstić information content (AvgIpc) is 2.56. The number of carbonyl (C=O) groups is 1. The maximum absolute atomic E-state index is 12.5. The van der Waals surface area contributed by atoms with Crippen LogP contribution in [-0.4, -0.2) is 49.8 Å². The molecule has 1 heterocycles. The van der Waals surface area contributed by atoms with Gasteiger partial charge in [-0.25, -0.2) is 0 Å². The van der Waals surface area contributed by atoms with Gasteiger partial charge in [-0.1, -0.05) is 13.5 Å². The lowest BCUT2D eigenvalue weighted by Gasteiger charge is -2.32. The van der Waals surface area contributed by atoms with Crippen LogP contribution in [-0.2, 0) is 9.53 Å². The molecule has 5 heteroatoms. The highest BCUT2D eigenvalue weighted by Crippen LogP contribution is 2.17. The van der Waals surface area contributed by atoms with Gasteiger partial charge in [-0.05, 0) is 43.2 Å². The number of morpholine rings is 1. The lowest BCUT2D eigenvalue weighted by atomic mass is 10.1. The highest BCUT2D eigenvalue weighted by molar-refractivity contribution is 5.94. The average molecular weight is 318 g/mol. The Morgan fingerprint density at radius 1 is 1.35 bits per heavy atom. The Hall–Kier alpha value is -1.85. The number of amides is 1. The van der Waals surface area contributed by atoms with Crippen molar-refractivity contribution in [3.05, 3.63) is 36.4 Å². The fourth-order valence-corrected chi connectivity index (χ4v) is 2.57. The Morgan fingerprint density at radius 2 is 2.00 bits per heavy atom. The summed E-state index contributed by atoms with van der Waals surface area (Å²) in [4.78, 5) is 14.7. The molecule has 0 saturated carbocycles. The third-order valence-electron chi connectivity index (χ3n) is 3.78. The second kappa shape index (κ2) is 8.70. The first kappa shape index (κ1) is 17.5. The zero-order valence-electron chi connectivity index (χ0n) is 14.0. The van der Waals surface area contributed by atoms with E-state index in [2.05, 4.69) is 16.8 Å². The molecule has 1 fully saturated rings. The van der Waals surface area contributed by atoms with Gasteiger partial charge in [0.05, 0.1) is 19.3 Å². The summed E-state index contributed by atoms with van der Waals surface area (Å²) < 4.78 is 10.9. The lowest BCUT2D eigenvalue weighted by Crippen LogP contribution is -2.48. The van der Waals surface area contributed by atoms with Gasteiger partial charge in [-0.15, -0.1) is 0 Å². The minimum absolute atomic E-state index is 0.0324. The molecule has 1 aliphatic rings. The zero-order valence-corrected chi connectivity index (χ0v) is 14.0. The van der Waals surface area contributed by atoms with Gasteiger partial charge in [-0.2, -0.15) is 0 Å². The first-order valence-corrected chi connectivity index (χ1v) is 8.10. The number of benzene rings is 1. The molecule has 1 aromatic rings. The van der Waals surface area contributed by atoms with Crippen LogP contribution in [0.5, 0.6) is 5.75 Å². The summed E-state index contributed by atoms with van der Waals surface area (Å²) in [5.74, 6) is 0.802. The van der Waals surface area contributed by atoms with E-state index in [9.17, 15) is 4.79 Å². The van der Waals surface area contributed by atoms with Gasteiger partial charge in [-0.3, -0.25) is 9.69 Å². The van der Waals surface area contributed by atoms with Crippen LogP contribution >= 0.6 is 0 Å². The highest BCUT2D eigenvalue weighted by Gasteiger charge is 2.25. The number of nitrogens with one attached hydrogen (secondary N) is 1. The molecule has 126 valence electrons. The number of nitrogens with zero attached hydrogens (tertiary/aromatic N) is 1. The van der Waals surface area contributed by atoms with E-state index in [1.165, 1.54) is 0 Å². The van der Waals surface area contributed by atoms with Crippen LogP contribution in [0.2, 0.25) is 0 Å². The Bertz CT molecular complexity index is 522. The van der Waals surface area contributed by atoms with Crippen molar-refractivity contribution in [3.63, 3.8) is 0 Å². The molecule has 1 amide bonds. The Kier molecular flexibility index (Phi) is 6.62. The molecule has 1 N–H and O–H groups in total. The molecule has 0 aliphatic carbocycles. The summed E-state index contributed by atoms with van der Waals surface area (Å²) >= 11 is 0. The van der Waals surface area contributed by atoms with Crippen molar-refractivity contribution in [2.45, 2.75) is 26.3 Å². The Morgan fingerprint density at radius 3 is 2.57 bits per heavy atom. The van der Waals surface area contributed by atoms with Crippen LogP contribution in [0.15, 0.2) is 36.4 Å². The normalized spacial score (nSPS) is 16.6. The smallest absolute Gasteiger partial charge is 0.241 e. The van der Waals surface area contributed by atoms with Gasteiger partial charge in [0.1, 0.15) is 12.4 Å². The molecule has 1 atom stereocenters. The van der Waals surface area contributed by atoms with Crippen molar-refractivity contribution in [2.75, 3.05) is 38.2 Å². The summed E-state index contributed by atoms with van der Waals surface area (Å²) in [7, 11) is 0. The summed E-state index contributed by atoms with van der Waals surface area (Å²) in [6, 6.07) is 7.32. The number of ether oxygens (including phenoxy) is 2. The van der Waals surface area contributed by atoms with E-state index in [0.29, 0.717) is 19.8 Å². The van der Waals surface area contributed by atoms with E-state index in [1.807, 2.05) is 38.1 Å². The standard InChI is InChI=1S/C18H26N2O3/c1-4-17(20-9-11-22-12-10-20)18(21)19-15-5-7-16(8-6-15)23-13-14(2)3/h5-8,17H,2,4,9-13H2,1,3H3,(H,19,21). The van der Waals surface area contributed by atoms with Crippen LogP contribution < -0.4 is 10.1 Å². The maximum atomic E-state index is 12.5. The van der Waals surface area contributed by atoms with Crippen LogP contribution in [0.3, 0.4) is 0 Å². The van der Waals surface area contributed by atoms with Crippen molar-refractivity contribution >= 4 is 11.6 Å². The van der Waals surface area contributed by atoms with Crippen LogP contribution in [0.4, 0.5) is 5.69 Å². The number of carbonyl (C=O) groups excluding carboxylic acids is 1. The van der Waals surface area contributed by atoms with Crippen LogP contribution in [0, 0.1) is 0 Å². The molecule has 0 radical (unpaired) electrons. The predicted molar refractivity (Wildman–Crippen MR) is 91.9 cm³/mol. The van der Waals surface area contributed by atoms with E-state index in [0.717, 1.165) is 36.5 Å². The molecular formula is C18H26N2O3. The van der Waals surface area contributed by atoms with Gasteiger partial charge in [0.2, 0.25) is 5.91 Å². The predicted octanol–water partition coefficient (Wildman–Crippen LogP) is 2.69. The van der Waals surface area contributed by atoms with E-state index in [4.69, 9.17) is 9.47 Å². The molecule has 1 aromatic carbocycles. The van der Waals surface area contributed by atoms with Crippen molar-refractivity contribution < 1.29 is 14.3 Å². The van der Waals surface area contributed by atoms with Gasteiger partial charge in [0.25, 0.3) is 0 Å². The topological polar surface area (TPSA) is 50.8 Å². The molecular weight excluding hydrogens is 292 g/mol. The zero-order chi connectivity index (χ0) is 16.7. The highest BCUT2D eigenvalue weighted by atomic mass is 16.5. The molecule has 1 saturated heterocycles. The lowest BCUT2D eigenvalue weighted by molar-refractivity contribution is -0.123. The Labute approximate surface area is 138 Å². The van der Waals surface area contributed by atoms with E-state index >= 15 is 0 Å². The monoisotopic (exact) mass is 318 g/mol. The summed E-state index contributed by atoms with van der Waals surface area (Å²) in [5.41, 5.74) is 1.75. The van der Waals surface area contributed by atoms with E-state index < -0.39 is 0 Å². The van der Waals surface area contributed by atoms with Crippen molar-refractivity contribution in [1.82, 2.24) is 4.90 Å².